The number of ether oxygens (including phenoxy) is 2. The van der Waals surface area contributed by atoms with E-state index in [9.17, 15) is 0 Å². The zero-order valence-electron chi connectivity index (χ0n) is 21.9. The van der Waals surface area contributed by atoms with Crippen molar-refractivity contribution in [2.75, 3.05) is 65.8 Å². The Kier molecular flexibility index (Phi) is 14.1. The molecule has 0 spiro atoms. The number of aromatic nitrogens is 1. The van der Waals surface area contributed by atoms with Gasteiger partial charge in [0.1, 0.15) is 0 Å². The van der Waals surface area contributed by atoms with Crippen LogP contribution in [0.2, 0.25) is 0 Å². The molecule has 0 aromatic carbocycles. The predicted molar refractivity (Wildman–Crippen MR) is 140 cm³/mol. The maximum absolute atomic E-state index is 5.87. The second kappa shape index (κ2) is 17.4. The maximum atomic E-state index is 5.87. The van der Waals surface area contributed by atoms with E-state index in [1.165, 1.54) is 82.1 Å². The molecule has 0 saturated carbocycles. The monoisotopic (exact) mass is 474 g/mol. The van der Waals surface area contributed by atoms with Gasteiger partial charge in [-0.2, -0.15) is 0 Å². The Bertz CT molecular complexity index is 645. The minimum Gasteiger partial charge on any atom is -0.378 e. The smallest absolute Gasteiger partial charge is 0.0701 e. The van der Waals surface area contributed by atoms with Gasteiger partial charge < -0.3 is 9.47 Å². The molecular weight excluding hydrogens is 424 g/mol. The summed E-state index contributed by atoms with van der Waals surface area (Å²) in [5.74, 6) is 0. The largest absolute Gasteiger partial charge is 0.378 e. The van der Waals surface area contributed by atoms with Crippen molar-refractivity contribution in [1.82, 2.24) is 19.7 Å². The lowest BCUT2D eigenvalue weighted by Crippen LogP contribution is -2.43. The molecule has 0 amide bonds. The zero-order valence-corrected chi connectivity index (χ0v) is 21.9. The molecule has 34 heavy (non-hydrogen) atoms. The lowest BCUT2D eigenvalue weighted by Gasteiger charge is -2.32. The van der Waals surface area contributed by atoms with Gasteiger partial charge in [-0.25, -0.2) is 0 Å². The lowest BCUT2D eigenvalue weighted by molar-refractivity contribution is 0.0144. The van der Waals surface area contributed by atoms with Gasteiger partial charge in [0, 0.05) is 39.3 Å². The fourth-order valence-electron chi connectivity index (χ4n) is 4.98. The average Bonchev–Trinajstić information content (AvgIpc) is 2.86. The molecule has 3 rings (SSSR count). The van der Waals surface area contributed by atoms with Gasteiger partial charge >= 0.3 is 0 Å². The van der Waals surface area contributed by atoms with Gasteiger partial charge in [0.2, 0.25) is 0 Å². The Morgan fingerprint density at radius 2 is 1.26 bits per heavy atom. The second-order valence-corrected chi connectivity index (χ2v) is 10.1. The van der Waals surface area contributed by atoms with Crippen LogP contribution in [-0.4, -0.2) is 85.5 Å². The van der Waals surface area contributed by atoms with E-state index in [1.807, 2.05) is 0 Å². The summed E-state index contributed by atoms with van der Waals surface area (Å²) in [6, 6.07) is 6.51. The first-order chi connectivity index (χ1) is 16.8. The highest BCUT2D eigenvalue weighted by atomic mass is 16.5. The van der Waals surface area contributed by atoms with Crippen molar-refractivity contribution in [2.24, 2.45) is 0 Å². The molecule has 6 heteroatoms. The normalized spacial score (nSPS) is 23.1. The molecule has 1 saturated heterocycles. The van der Waals surface area contributed by atoms with Gasteiger partial charge in [-0.3, -0.25) is 19.7 Å². The Morgan fingerprint density at radius 3 is 1.94 bits per heavy atom. The molecule has 2 atom stereocenters. The Labute approximate surface area is 209 Å². The first-order valence-electron chi connectivity index (χ1n) is 14.1. The van der Waals surface area contributed by atoms with E-state index in [2.05, 4.69) is 39.8 Å². The van der Waals surface area contributed by atoms with Crippen molar-refractivity contribution in [2.45, 2.75) is 84.2 Å². The summed E-state index contributed by atoms with van der Waals surface area (Å²) in [6.45, 7) is 13.2. The van der Waals surface area contributed by atoms with Gasteiger partial charge in [-0.15, -0.1) is 0 Å². The van der Waals surface area contributed by atoms with Crippen molar-refractivity contribution in [3.63, 3.8) is 0 Å². The summed E-state index contributed by atoms with van der Waals surface area (Å²) in [4.78, 5) is 12.7. The molecule has 6 nitrogen and oxygen atoms in total. The molecule has 1 aromatic heterocycles. The number of hydrogen-bond donors (Lipinski definition) is 0. The molecule has 2 aliphatic heterocycles. The minimum atomic E-state index is 0.683. The highest BCUT2D eigenvalue weighted by Gasteiger charge is 2.17. The number of rotatable bonds is 11. The highest BCUT2D eigenvalue weighted by Crippen LogP contribution is 2.13. The molecular formula is C28H50N4O2. The number of pyridine rings is 1. The third kappa shape index (κ3) is 11.6. The molecule has 0 aliphatic carbocycles. The molecule has 0 N–H and O–H groups in total. The van der Waals surface area contributed by atoms with E-state index >= 15 is 0 Å². The molecule has 1 fully saturated rings. The van der Waals surface area contributed by atoms with E-state index in [4.69, 9.17) is 14.5 Å². The third-order valence-electron chi connectivity index (χ3n) is 7.07. The molecule has 2 unspecified atom stereocenters. The van der Waals surface area contributed by atoms with Crippen LogP contribution in [0.25, 0.3) is 0 Å². The fourth-order valence-corrected chi connectivity index (χ4v) is 4.98. The van der Waals surface area contributed by atoms with E-state index in [0.29, 0.717) is 13.2 Å². The van der Waals surface area contributed by atoms with Gasteiger partial charge in [-0.1, -0.05) is 70.8 Å². The summed E-state index contributed by atoms with van der Waals surface area (Å²) < 4.78 is 11.7. The Hall–Kier alpha value is -1.05. The molecule has 0 radical (unpaired) electrons. The molecule has 1 aromatic rings. The Morgan fingerprint density at radius 1 is 0.676 bits per heavy atom. The van der Waals surface area contributed by atoms with Crippen LogP contribution < -0.4 is 0 Å². The fraction of sp³-hybridized carbons (Fsp3) is 0.821. The standard InChI is InChI=1S/C28H50N4O2/c1-2-3-4-5-6-7-8-9-10-11-15-31-17-16-30-18-20-33-22-23-34-21-19-32(26-31)25-28-14-12-13-27(24-30)29-28/h12-14H,2-11,15-26H2,1H3. The maximum Gasteiger partial charge on any atom is 0.0701 e. The zero-order chi connectivity index (χ0) is 23.7. The van der Waals surface area contributed by atoms with Crippen LogP contribution >= 0.6 is 0 Å². The van der Waals surface area contributed by atoms with Gasteiger partial charge in [0.25, 0.3) is 0 Å². The highest BCUT2D eigenvalue weighted by molar-refractivity contribution is 5.11. The van der Waals surface area contributed by atoms with Crippen LogP contribution in [0.1, 0.15) is 82.5 Å². The van der Waals surface area contributed by atoms with Gasteiger partial charge in [0.05, 0.1) is 44.5 Å². The number of hydrogen-bond acceptors (Lipinski definition) is 6. The van der Waals surface area contributed by atoms with Crippen LogP contribution in [0.5, 0.6) is 0 Å². The van der Waals surface area contributed by atoms with Crippen molar-refractivity contribution in [1.29, 1.82) is 0 Å². The quantitative estimate of drug-likeness (QED) is 0.424. The van der Waals surface area contributed by atoms with Gasteiger partial charge in [-0.05, 0) is 25.1 Å². The predicted octanol–water partition coefficient (Wildman–Crippen LogP) is 4.93. The third-order valence-corrected chi connectivity index (χ3v) is 7.07. The van der Waals surface area contributed by atoms with E-state index in [0.717, 1.165) is 59.2 Å². The average molecular weight is 475 g/mol. The van der Waals surface area contributed by atoms with Crippen molar-refractivity contribution in [3.8, 4) is 0 Å². The summed E-state index contributed by atoms with van der Waals surface area (Å²) >= 11 is 0. The minimum absolute atomic E-state index is 0.683. The number of unbranched alkanes of at least 4 members (excludes halogenated alkanes) is 9. The summed E-state index contributed by atoms with van der Waals surface area (Å²) in [7, 11) is 0. The van der Waals surface area contributed by atoms with Crippen molar-refractivity contribution < 1.29 is 9.47 Å². The first kappa shape index (κ1) is 27.5. The Balaban J connectivity index is 1.50. The number of fused-ring (bicyclic) bond motifs is 7. The number of nitrogens with zero attached hydrogens (tertiary/aromatic N) is 4. The lowest BCUT2D eigenvalue weighted by atomic mass is 10.1. The second-order valence-electron chi connectivity index (χ2n) is 10.1. The van der Waals surface area contributed by atoms with Gasteiger partial charge in [0.15, 0.2) is 0 Å². The first-order valence-corrected chi connectivity index (χ1v) is 14.1. The van der Waals surface area contributed by atoms with Crippen LogP contribution in [0.15, 0.2) is 18.2 Å². The summed E-state index contributed by atoms with van der Waals surface area (Å²) in [5.41, 5.74) is 2.34. The molecule has 3 heterocycles. The van der Waals surface area contributed by atoms with E-state index < -0.39 is 0 Å². The molecule has 194 valence electrons. The van der Waals surface area contributed by atoms with Crippen LogP contribution in [0, 0.1) is 0 Å². The van der Waals surface area contributed by atoms with Crippen LogP contribution in [-0.2, 0) is 22.6 Å². The summed E-state index contributed by atoms with van der Waals surface area (Å²) in [5, 5.41) is 0. The van der Waals surface area contributed by atoms with Crippen LogP contribution in [0.4, 0.5) is 0 Å². The summed E-state index contributed by atoms with van der Waals surface area (Å²) in [6.07, 6.45) is 13.9. The van der Waals surface area contributed by atoms with E-state index in [1.54, 1.807) is 0 Å². The topological polar surface area (TPSA) is 41.1 Å². The van der Waals surface area contributed by atoms with E-state index in [-0.39, 0.29) is 0 Å². The van der Waals surface area contributed by atoms with Crippen molar-refractivity contribution in [3.05, 3.63) is 29.6 Å². The molecule has 4 bridgehead atoms. The van der Waals surface area contributed by atoms with Crippen molar-refractivity contribution >= 4 is 0 Å². The molecule has 2 aliphatic rings. The van der Waals surface area contributed by atoms with Crippen LogP contribution in [0.3, 0.4) is 0 Å². The SMILES string of the molecule is CCCCCCCCCCCCN1CCN2CCOCCOCCN(Cc3cccc(n3)C2)C1.